The predicted octanol–water partition coefficient (Wildman–Crippen LogP) is 3.68. The average Bonchev–Trinajstić information content (AvgIpc) is 2.96. The van der Waals surface area contributed by atoms with Gasteiger partial charge < -0.3 is 10.6 Å². The molecule has 0 spiro atoms. The van der Waals surface area contributed by atoms with Crippen LogP contribution in [-0.2, 0) is 15.8 Å². The zero-order valence-electron chi connectivity index (χ0n) is 11.9. The number of rotatable bonds is 5. The van der Waals surface area contributed by atoms with E-state index in [-0.39, 0.29) is 35.2 Å². The summed E-state index contributed by atoms with van der Waals surface area (Å²) in [5.41, 5.74) is 0.572. The maximum atomic E-state index is 12.4. The molecule has 2 N–H and O–H groups in total. The summed E-state index contributed by atoms with van der Waals surface area (Å²) < 4.78 is 37.9. The molecule has 0 bridgehead atoms. The number of aromatic nitrogens is 2. The summed E-state index contributed by atoms with van der Waals surface area (Å²) in [6.45, 7) is 0. The van der Waals surface area contributed by atoms with Gasteiger partial charge in [-0.3, -0.25) is 9.59 Å². The summed E-state index contributed by atoms with van der Waals surface area (Å²) in [6.07, 6.45) is -4.92. The molecule has 0 aliphatic carbocycles. The molecule has 0 saturated carbocycles. The molecule has 1 heterocycles. The molecule has 0 atom stereocenters. The van der Waals surface area contributed by atoms with Crippen LogP contribution in [0.15, 0.2) is 28.7 Å². The molecule has 1 aromatic carbocycles. The van der Waals surface area contributed by atoms with E-state index >= 15 is 0 Å². The van der Waals surface area contributed by atoms with Gasteiger partial charge in [0.05, 0.1) is 0 Å². The second-order valence-electron chi connectivity index (χ2n) is 4.51. The van der Waals surface area contributed by atoms with Crippen molar-refractivity contribution in [1.82, 2.24) is 10.2 Å². The van der Waals surface area contributed by atoms with Crippen LogP contribution >= 0.6 is 27.3 Å². The lowest BCUT2D eigenvalue weighted by molar-refractivity contribution is -0.138. The third kappa shape index (κ3) is 5.57. The number of nitrogens with one attached hydrogen (secondary N) is 2. The fourth-order valence-corrected chi connectivity index (χ4v) is 2.45. The Balaban J connectivity index is 1.79. The van der Waals surface area contributed by atoms with Gasteiger partial charge in [-0.05, 0) is 24.3 Å². The van der Waals surface area contributed by atoms with Crippen LogP contribution in [-0.4, -0.2) is 22.0 Å². The zero-order valence-corrected chi connectivity index (χ0v) is 14.3. The van der Waals surface area contributed by atoms with Crippen molar-refractivity contribution < 1.29 is 22.8 Å². The van der Waals surface area contributed by atoms with Crippen molar-refractivity contribution in [1.29, 1.82) is 0 Å². The van der Waals surface area contributed by atoms with Crippen molar-refractivity contribution in [2.75, 3.05) is 10.6 Å². The third-order valence-electron chi connectivity index (χ3n) is 2.62. The Morgan fingerprint density at radius 1 is 1.04 bits per heavy atom. The van der Waals surface area contributed by atoms with Crippen LogP contribution in [0, 0.1) is 0 Å². The van der Waals surface area contributed by atoms with E-state index in [2.05, 4.69) is 36.8 Å². The van der Waals surface area contributed by atoms with Crippen LogP contribution in [0.2, 0.25) is 0 Å². The van der Waals surface area contributed by atoms with Crippen molar-refractivity contribution in [2.45, 2.75) is 19.0 Å². The first kappa shape index (κ1) is 18.3. The zero-order chi connectivity index (χ0) is 17.7. The summed E-state index contributed by atoms with van der Waals surface area (Å²) >= 11 is 3.48. The highest BCUT2D eigenvalue weighted by Crippen LogP contribution is 2.32. The second-order valence-corrected chi connectivity index (χ2v) is 6.41. The molecule has 0 saturated heterocycles. The van der Waals surface area contributed by atoms with E-state index in [1.165, 1.54) is 0 Å². The van der Waals surface area contributed by atoms with Gasteiger partial charge >= 0.3 is 6.18 Å². The summed E-state index contributed by atoms with van der Waals surface area (Å²) in [5.74, 6) is -1.01. The quantitative estimate of drug-likeness (QED) is 0.769. The normalized spacial score (nSPS) is 11.2. The van der Waals surface area contributed by atoms with Gasteiger partial charge in [0.2, 0.25) is 22.0 Å². The van der Waals surface area contributed by atoms with Crippen molar-refractivity contribution in [3.8, 4) is 0 Å². The number of hydrogen-bond donors (Lipinski definition) is 2. The van der Waals surface area contributed by atoms with E-state index in [9.17, 15) is 22.8 Å². The third-order valence-corrected chi connectivity index (χ3v) is 4.03. The molecule has 1 aromatic heterocycles. The first-order valence-corrected chi connectivity index (χ1v) is 8.11. The van der Waals surface area contributed by atoms with Gasteiger partial charge in [0.1, 0.15) is 0 Å². The summed E-state index contributed by atoms with van der Waals surface area (Å²) in [7, 11) is 0. The van der Waals surface area contributed by atoms with Crippen molar-refractivity contribution >= 4 is 49.9 Å². The largest absolute Gasteiger partial charge is 0.445 e. The lowest BCUT2D eigenvalue weighted by atomic mass is 10.2. The standard InChI is InChI=1S/C13H10BrF3N4O2S/c14-7-1-3-8(4-2-7)18-9(22)5-6-10(23)19-12-21-20-11(24-12)13(15,16)17/h1-4H,5-6H2,(H,18,22)(H,19,21,23). The molecule has 2 rings (SSSR count). The maximum Gasteiger partial charge on any atom is 0.445 e. The Morgan fingerprint density at radius 2 is 1.62 bits per heavy atom. The molecular formula is C13H10BrF3N4O2S. The number of benzene rings is 1. The topological polar surface area (TPSA) is 84.0 Å². The molecule has 11 heteroatoms. The molecule has 128 valence electrons. The van der Waals surface area contributed by atoms with E-state index in [1.54, 1.807) is 24.3 Å². The molecule has 0 aliphatic rings. The first-order chi connectivity index (χ1) is 11.2. The number of hydrogen-bond acceptors (Lipinski definition) is 5. The Kier molecular flexibility index (Phi) is 5.89. The van der Waals surface area contributed by atoms with Gasteiger partial charge in [-0.25, -0.2) is 0 Å². The fraction of sp³-hybridized carbons (Fsp3) is 0.231. The minimum atomic E-state index is -4.61. The fourth-order valence-electron chi connectivity index (χ4n) is 1.55. The van der Waals surface area contributed by atoms with Gasteiger partial charge in [0.15, 0.2) is 0 Å². The summed E-state index contributed by atoms with van der Waals surface area (Å²) in [6, 6.07) is 6.86. The van der Waals surface area contributed by atoms with Crippen molar-refractivity contribution in [3.63, 3.8) is 0 Å². The lowest BCUT2D eigenvalue weighted by Gasteiger charge is -2.05. The van der Waals surface area contributed by atoms with Gasteiger partial charge in [-0.2, -0.15) is 13.2 Å². The van der Waals surface area contributed by atoms with E-state index in [0.717, 1.165) is 4.47 Å². The number of halogens is 4. The SMILES string of the molecule is O=C(CCC(=O)Nc1nnc(C(F)(F)F)s1)Nc1ccc(Br)cc1. The Bertz CT molecular complexity index is 734. The highest BCUT2D eigenvalue weighted by molar-refractivity contribution is 9.10. The van der Waals surface area contributed by atoms with E-state index in [1.807, 2.05) is 0 Å². The van der Waals surface area contributed by atoms with E-state index in [0.29, 0.717) is 5.69 Å². The van der Waals surface area contributed by atoms with Crippen molar-refractivity contribution in [2.24, 2.45) is 0 Å². The minimum Gasteiger partial charge on any atom is -0.326 e. The van der Waals surface area contributed by atoms with Gasteiger partial charge in [-0.1, -0.05) is 27.3 Å². The smallest absolute Gasteiger partial charge is 0.326 e. The molecule has 24 heavy (non-hydrogen) atoms. The summed E-state index contributed by atoms with van der Waals surface area (Å²) in [5, 5.41) is 9.55. The molecule has 0 radical (unpaired) electrons. The Hall–Kier alpha value is -2.01. The second kappa shape index (κ2) is 7.71. The highest BCUT2D eigenvalue weighted by atomic mass is 79.9. The number of carbonyl (C=O) groups is 2. The van der Waals surface area contributed by atoms with E-state index < -0.39 is 17.1 Å². The monoisotopic (exact) mass is 422 g/mol. The lowest BCUT2D eigenvalue weighted by Crippen LogP contribution is -2.17. The highest BCUT2D eigenvalue weighted by Gasteiger charge is 2.35. The molecule has 6 nitrogen and oxygen atoms in total. The molecule has 2 aromatic rings. The summed E-state index contributed by atoms with van der Waals surface area (Å²) in [4.78, 5) is 23.3. The Labute approximate surface area is 146 Å². The average molecular weight is 423 g/mol. The maximum absolute atomic E-state index is 12.4. The van der Waals surface area contributed by atoms with Gasteiger partial charge in [0, 0.05) is 23.0 Å². The number of anilines is 2. The van der Waals surface area contributed by atoms with Crippen LogP contribution in [0.1, 0.15) is 17.8 Å². The number of nitrogens with zero attached hydrogens (tertiary/aromatic N) is 2. The van der Waals surface area contributed by atoms with Crippen LogP contribution in [0.3, 0.4) is 0 Å². The van der Waals surface area contributed by atoms with Crippen molar-refractivity contribution in [3.05, 3.63) is 33.7 Å². The minimum absolute atomic E-state index is 0.118. The van der Waals surface area contributed by atoms with Crippen LogP contribution in [0.4, 0.5) is 24.0 Å². The van der Waals surface area contributed by atoms with Crippen LogP contribution in [0.25, 0.3) is 0 Å². The van der Waals surface area contributed by atoms with Gasteiger partial charge in [-0.15, -0.1) is 10.2 Å². The predicted molar refractivity (Wildman–Crippen MR) is 85.5 cm³/mol. The van der Waals surface area contributed by atoms with Gasteiger partial charge in [0.25, 0.3) is 0 Å². The van der Waals surface area contributed by atoms with E-state index in [4.69, 9.17) is 0 Å². The number of carbonyl (C=O) groups excluding carboxylic acids is 2. The van der Waals surface area contributed by atoms with Crippen LogP contribution in [0.5, 0.6) is 0 Å². The molecule has 0 unspecified atom stereocenters. The molecule has 0 aliphatic heterocycles. The number of amides is 2. The van der Waals surface area contributed by atoms with Crippen LogP contribution < -0.4 is 10.6 Å². The molecule has 2 amide bonds. The molecule has 0 fully saturated rings. The Morgan fingerprint density at radius 3 is 2.17 bits per heavy atom. The first-order valence-electron chi connectivity index (χ1n) is 6.50. The molecular weight excluding hydrogens is 413 g/mol. The number of alkyl halides is 3.